The van der Waals surface area contributed by atoms with Gasteiger partial charge in [-0.05, 0) is 41.4 Å². The van der Waals surface area contributed by atoms with E-state index in [9.17, 15) is 9.59 Å². The molecule has 1 aromatic heterocycles. The minimum absolute atomic E-state index is 0.0346. The van der Waals surface area contributed by atoms with E-state index in [0.29, 0.717) is 12.8 Å². The molecular formula is C13H15BrN2O3. The Morgan fingerprint density at radius 1 is 1.58 bits per heavy atom. The van der Waals surface area contributed by atoms with Crippen LogP contribution in [0.25, 0.3) is 0 Å². The van der Waals surface area contributed by atoms with Crippen LogP contribution in [0.3, 0.4) is 0 Å². The first-order valence-electron chi connectivity index (χ1n) is 6.05. The van der Waals surface area contributed by atoms with E-state index < -0.39 is 6.04 Å². The lowest BCUT2D eigenvalue weighted by atomic mass is 10.1. The Hall–Kier alpha value is -1.43. The summed E-state index contributed by atoms with van der Waals surface area (Å²) in [4.78, 5) is 29.5. The van der Waals surface area contributed by atoms with Crippen molar-refractivity contribution in [2.24, 2.45) is 0 Å². The number of carbonyl (C=O) groups is 2. The van der Waals surface area contributed by atoms with Crippen LogP contribution in [0.1, 0.15) is 31.5 Å². The summed E-state index contributed by atoms with van der Waals surface area (Å²) in [5.41, 5.74) is 0.757. The molecule has 2 unspecified atom stereocenters. The Morgan fingerprint density at radius 2 is 2.32 bits per heavy atom. The zero-order chi connectivity index (χ0) is 14.0. The summed E-state index contributed by atoms with van der Waals surface area (Å²) >= 11 is 3.32. The number of hydrogen-bond donors (Lipinski definition) is 0. The standard InChI is InChI=1S/C13H15BrN2O3/c1-8(10-4-3-9(14)7-15-10)16-11(13(18)19-2)5-6-12(16)17/h3-4,7-8,11H,5-6H2,1-2H3. The molecule has 2 rings (SSSR count). The van der Waals surface area contributed by atoms with E-state index in [2.05, 4.69) is 20.9 Å². The highest BCUT2D eigenvalue weighted by Gasteiger charge is 2.40. The smallest absolute Gasteiger partial charge is 0.328 e. The van der Waals surface area contributed by atoms with Gasteiger partial charge in [0.05, 0.1) is 18.8 Å². The van der Waals surface area contributed by atoms with Gasteiger partial charge in [0.1, 0.15) is 6.04 Å². The first-order chi connectivity index (χ1) is 9.04. The van der Waals surface area contributed by atoms with Crippen molar-refractivity contribution in [3.8, 4) is 0 Å². The number of amides is 1. The van der Waals surface area contributed by atoms with Gasteiger partial charge in [0.2, 0.25) is 5.91 Å². The molecule has 2 heterocycles. The van der Waals surface area contributed by atoms with Crippen molar-refractivity contribution in [3.63, 3.8) is 0 Å². The van der Waals surface area contributed by atoms with Crippen LogP contribution in [-0.2, 0) is 14.3 Å². The highest BCUT2D eigenvalue weighted by atomic mass is 79.9. The largest absolute Gasteiger partial charge is 0.467 e. The molecular weight excluding hydrogens is 312 g/mol. The van der Waals surface area contributed by atoms with Crippen molar-refractivity contribution in [1.29, 1.82) is 0 Å². The average molecular weight is 327 g/mol. The Bertz CT molecular complexity index is 489. The van der Waals surface area contributed by atoms with Gasteiger partial charge in [-0.1, -0.05) is 0 Å². The van der Waals surface area contributed by atoms with E-state index in [1.165, 1.54) is 7.11 Å². The first-order valence-corrected chi connectivity index (χ1v) is 6.84. The fraction of sp³-hybridized carbons (Fsp3) is 0.462. The summed E-state index contributed by atoms with van der Waals surface area (Å²) in [6.45, 7) is 1.87. The summed E-state index contributed by atoms with van der Waals surface area (Å²) < 4.78 is 5.63. The van der Waals surface area contributed by atoms with Crippen LogP contribution in [0.15, 0.2) is 22.8 Å². The van der Waals surface area contributed by atoms with Crippen molar-refractivity contribution < 1.29 is 14.3 Å². The summed E-state index contributed by atoms with van der Waals surface area (Å²) in [6, 6.07) is 2.96. The Labute approximate surface area is 120 Å². The number of carbonyl (C=O) groups excluding carboxylic acids is 2. The summed E-state index contributed by atoms with van der Waals surface area (Å²) in [6.07, 6.45) is 2.56. The van der Waals surface area contributed by atoms with Gasteiger partial charge in [0, 0.05) is 17.1 Å². The number of rotatable bonds is 3. The predicted molar refractivity (Wildman–Crippen MR) is 72.2 cm³/mol. The molecule has 1 saturated heterocycles. The maximum absolute atomic E-state index is 12.0. The molecule has 0 saturated carbocycles. The molecule has 2 atom stereocenters. The number of aromatic nitrogens is 1. The van der Waals surface area contributed by atoms with E-state index in [1.807, 2.05) is 19.1 Å². The second-order valence-electron chi connectivity index (χ2n) is 4.46. The Balaban J connectivity index is 2.24. The van der Waals surface area contributed by atoms with Crippen LogP contribution in [0.2, 0.25) is 0 Å². The van der Waals surface area contributed by atoms with Gasteiger partial charge >= 0.3 is 5.97 Å². The van der Waals surface area contributed by atoms with Gasteiger partial charge in [-0.15, -0.1) is 0 Å². The number of ether oxygens (including phenoxy) is 1. The molecule has 102 valence electrons. The lowest BCUT2D eigenvalue weighted by Gasteiger charge is -2.29. The Kier molecular flexibility index (Phi) is 4.19. The molecule has 0 spiro atoms. The van der Waals surface area contributed by atoms with Gasteiger partial charge in [-0.25, -0.2) is 4.79 Å². The highest BCUT2D eigenvalue weighted by molar-refractivity contribution is 9.10. The third kappa shape index (κ3) is 2.78. The minimum Gasteiger partial charge on any atom is -0.467 e. The molecule has 0 N–H and O–H groups in total. The topological polar surface area (TPSA) is 59.5 Å². The Morgan fingerprint density at radius 3 is 2.89 bits per heavy atom. The monoisotopic (exact) mass is 326 g/mol. The van der Waals surface area contributed by atoms with Gasteiger partial charge in [0.25, 0.3) is 0 Å². The van der Waals surface area contributed by atoms with Crippen molar-refractivity contribution >= 4 is 27.8 Å². The normalized spacial score (nSPS) is 20.5. The molecule has 1 fully saturated rings. The van der Waals surface area contributed by atoms with Gasteiger partial charge in [-0.2, -0.15) is 0 Å². The van der Waals surface area contributed by atoms with Crippen LogP contribution in [0, 0.1) is 0 Å². The third-order valence-corrected chi connectivity index (χ3v) is 3.79. The highest BCUT2D eigenvalue weighted by Crippen LogP contribution is 2.30. The van der Waals surface area contributed by atoms with Gasteiger partial charge in [0.15, 0.2) is 0 Å². The van der Waals surface area contributed by atoms with Crippen molar-refractivity contribution in [2.75, 3.05) is 7.11 Å². The third-order valence-electron chi connectivity index (χ3n) is 3.32. The van der Waals surface area contributed by atoms with Crippen molar-refractivity contribution in [2.45, 2.75) is 31.8 Å². The molecule has 19 heavy (non-hydrogen) atoms. The summed E-state index contributed by atoms with van der Waals surface area (Å²) in [5.74, 6) is -0.401. The average Bonchev–Trinajstić information content (AvgIpc) is 2.80. The summed E-state index contributed by atoms with van der Waals surface area (Å²) in [7, 11) is 1.34. The zero-order valence-corrected chi connectivity index (χ0v) is 12.4. The molecule has 1 aliphatic rings. The maximum Gasteiger partial charge on any atom is 0.328 e. The molecule has 0 aliphatic carbocycles. The lowest BCUT2D eigenvalue weighted by Crippen LogP contribution is -2.41. The number of esters is 1. The minimum atomic E-state index is -0.502. The quantitative estimate of drug-likeness (QED) is 0.798. The van der Waals surface area contributed by atoms with Crippen LogP contribution >= 0.6 is 15.9 Å². The lowest BCUT2D eigenvalue weighted by molar-refractivity contribution is -0.150. The predicted octanol–water partition coefficient (Wildman–Crippen LogP) is 2.07. The maximum atomic E-state index is 12.0. The van der Waals surface area contributed by atoms with E-state index >= 15 is 0 Å². The molecule has 1 aromatic rings. The van der Waals surface area contributed by atoms with Gasteiger partial charge < -0.3 is 9.64 Å². The van der Waals surface area contributed by atoms with E-state index in [4.69, 9.17) is 4.74 Å². The number of nitrogens with zero attached hydrogens (tertiary/aromatic N) is 2. The van der Waals surface area contributed by atoms with Crippen LogP contribution < -0.4 is 0 Å². The van der Waals surface area contributed by atoms with E-state index in [0.717, 1.165) is 10.2 Å². The van der Waals surface area contributed by atoms with Crippen molar-refractivity contribution in [3.05, 3.63) is 28.5 Å². The zero-order valence-electron chi connectivity index (χ0n) is 10.8. The number of hydrogen-bond acceptors (Lipinski definition) is 4. The second kappa shape index (κ2) is 5.69. The molecule has 0 bridgehead atoms. The molecule has 1 amide bonds. The fourth-order valence-electron chi connectivity index (χ4n) is 2.33. The SMILES string of the molecule is COC(=O)C1CCC(=O)N1C(C)c1ccc(Br)cn1. The summed E-state index contributed by atoms with van der Waals surface area (Å²) in [5, 5.41) is 0. The van der Waals surface area contributed by atoms with Crippen LogP contribution in [0.5, 0.6) is 0 Å². The number of likely N-dealkylation sites (tertiary alicyclic amines) is 1. The van der Waals surface area contributed by atoms with E-state index in [-0.39, 0.29) is 17.9 Å². The first kappa shape index (κ1) is 14.0. The molecule has 5 nitrogen and oxygen atoms in total. The molecule has 0 radical (unpaired) electrons. The van der Waals surface area contributed by atoms with Crippen molar-refractivity contribution in [1.82, 2.24) is 9.88 Å². The number of halogens is 1. The van der Waals surface area contributed by atoms with Gasteiger partial charge in [-0.3, -0.25) is 9.78 Å². The molecule has 6 heteroatoms. The van der Waals surface area contributed by atoms with Crippen LogP contribution in [-0.4, -0.2) is 34.9 Å². The van der Waals surface area contributed by atoms with E-state index in [1.54, 1.807) is 11.1 Å². The van der Waals surface area contributed by atoms with Crippen LogP contribution in [0.4, 0.5) is 0 Å². The number of pyridine rings is 1. The molecule has 0 aromatic carbocycles. The number of methoxy groups -OCH3 is 1. The second-order valence-corrected chi connectivity index (χ2v) is 5.37. The fourth-order valence-corrected chi connectivity index (χ4v) is 2.57. The molecule has 1 aliphatic heterocycles.